The highest BCUT2D eigenvalue weighted by Crippen LogP contribution is 2.40. The van der Waals surface area contributed by atoms with Crippen LogP contribution < -0.4 is 0 Å². The van der Waals surface area contributed by atoms with E-state index >= 15 is 0 Å². The molecule has 0 aliphatic heterocycles. The molecular weight excluding hydrogens is 328 g/mol. The van der Waals surface area contributed by atoms with Gasteiger partial charge in [-0.25, -0.2) is 4.98 Å². The molecule has 0 atom stereocenters. The van der Waals surface area contributed by atoms with Crippen molar-refractivity contribution in [3.8, 4) is 0 Å². The molecule has 2 aromatic heterocycles. The van der Waals surface area contributed by atoms with Gasteiger partial charge < -0.3 is 10.1 Å². The summed E-state index contributed by atoms with van der Waals surface area (Å²) in [5, 5.41) is 12.0. The van der Waals surface area contributed by atoms with E-state index in [0.29, 0.717) is 10.6 Å². The number of halogens is 1. The van der Waals surface area contributed by atoms with E-state index in [-0.39, 0.29) is 0 Å². The van der Waals surface area contributed by atoms with Gasteiger partial charge in [0, 0.05) is 27.1 Å². The molecule has 2 N–H and O–H groups in total. The highest BCUT2D eigenvalue weighted by Gasteiger charge is 2.23. The molecule has 1 aliphatic carbocycles. The maximum Gasteiger partial charge on any atom is 0.138 e. The van der Waals surface area contributed by atoms with Gasteiger partial charge in [0.05, 0.1) is 11.3 Å². The summed E-state index contributed by atoms with van der Waals surface area (Å²) in [5.74, 6) is 0. The number of hydrogen-bond acceptors (Lipinski definition) is 3. The summed E-state index contributed by atoms with van der Waals surface area (Å²) < 4.78 is 0. The Morgan fingerprint density at radius 1 is 1.35 bits per heavy atom. The average Bonchev–Trinajstić information content (AvgIpc) is 2.85. The minimum atomic E-state index is -0.830. The lowest BCUT2D eigenvalue weighted by molar-refractivity contribution is 0.134. The molecule has 23 heavy (non-hydrogen) atoms. The van der Waals surface area contributed by atoms with Crippen molar-refractivity contribution in [2.45, 2.75) is 60.7 Å². The number of hydrogen-bond donors (Lipinski definition) is 2. The van der Waals surface area contributed by atoms with E-state index in [4.69, 9.17) is 11.6 Å². The van der Waals surface area contributed by atoms with Crippen molar-refractivity contribution in [3.63, 3.8) is 0 Å². The summed E-state index contributed by atoms with van der Waals surface area (Å²) >= 11 is 8.14. The molecule has 0 saturated heterocycles. The summed E-state index contributed by atoms with van der Waals surface area (Å²) in [5.41, 5.74) is 1.10. The molecule has 3 rings (SSSR count). The lowest BCUT2D eigenvalue weighted by atomic mass is 10.00. The Bertz CT molecular complexity index is 697. The first-order valence-corrected chi connectivity index (χ1v) is 9.43. The molecule has 2 heterocycles. The molecule has 124 valence electrons. The molecule has 0 unspecified atom stereocenters. The van der Waals surface area contributed by atoms with Crippen LogP contribution in [0.3, 0.4) is 0 Å². The number of aliphatic hydroxyl groups is 1. The van der Waals surface area contributed by atoms with E-state index in [0.717, 1.165) is 42.4 Å². The largest absolute Gasteiger partial charge is 0.386 e. The highest BCUT2D eigenvalue weighted by atomic mass is 35.5. The Labute approximate surface area is 146 Å². The van der Waals surface area contributed by atoms with Gasteiger partial charge in [-0.1, -0.05) is 6.08 Å². The van der Waals surface area contributed by atoms with Gasteiger partial charge in [0.2, 0.25) is 0 Å². The normalized spacial score (nSPS) is 23.0. The van der Waals surface area contributed by atoms with Crippen molar-refractivity contribution in [1.29, 1.82) is 0 Å². The third-order valence-corrected chi connectivity index (χ3v) is 6.01. The lowest BCUT2D eigenvalue weighted by Crippen LogP contribution is -2.16. The Balaban J connectivity index is 1.91. The third-order valence-electron chi connectivity index (χ3n) is 4.10. The van der Waals surface area contributed by atoms with E-state index in [1.807, 2.05) is 30.0 Å². The second-order valence-corrected chi connectivity index (χ2v) is 8.67. The van der Waals surface area contributed by atoms with Gasteiger partial charge in [-0.3, -0.25) is 0 Å². The zero-order chi connectivity index (χ0) is 16.4. The van der Waals surface area contributed by atoms with Crippen molar-refractivity contribution in [1.82, 2.24) is 9.97 Å². The molecule has 0 amide bonds. The first kappa shape index (κ1) is 16.9. The number of aromatic amines is 1. The van der Waals surface area contributed by atoms with Crippen LogP contribution in [-0.4, -0.2) is 31.3 Å². The summed E-state index contributed by atoms with van der Waals surface area (Å²) in [7, 11) is 0. The Morgan fingerprint density at radius 2 is 2.09 bits per heavy atom. The van der Waals surface area contributed by atoms with Crippen molar-refractivity contribution in [2.24, 2.45) is 0 Å². The minimum absolute atomic E-state index is 0.339. The number of fused-ring (bicyclic) bond motifs is 1. The van der Waals surface area contributed by atoms with Gasteiger partial charge in [-0.05, 0) is 57.7 Å². The van der Waals surface area contributed by atoms with Gasteiger partial charge in [0.15, 0.2) is 0 Å². The summed E-state index contributed by atoms with van der Waals surface area (Å²) in [6.45, 7) is 3.55. The van der Waals surface area contributed by atoms with Gasteiger partial charge in [0.1, 0.15) is 5.65 Å². The van der Waals surface area contributed by atoms with Crippen LogP contribution >= 0.6 is 23.4 Å². The molecule has 5 heteroatoms. The van der Waals surface area contributed by atoms with E-state index in [9.17, 15) is 5.11 Å². The van der Waals surface area contributed by atoms with Crippen LogP contribution in [0.2, 0.25) is 0 Å². The molecule has 3 nitrogen and oxygen atoms in total. The number of thioether (sulfide) groups is 1. The zero-order valence-electron chi connectivity index (χ0n) is 13.6. The number of nitrogens with zero attached hydrogens (tertiary/aromatic N) is 1. The molecule has 0 radical (unpaired) electrons. The van der Waals surface area contributed by atoms with Gasteiger partial charge in [0.25, 0.3) is 0 Å². The predicted molar refractivity (Wildman–Crippen MR) is 99.2 cm³/mol. The molecule has 0 aromatic carbocycles. The van der Waals surface area contributed by atoms with Crippen molar-refractivity contribution in [2.75, 3.05) is 0 Å². The predicted octanol–water partition coefficient (Wildman–Crippen LogP) is 4.99. The quantitative estimate of drug-likeness (QED) is 0.764. The Kier molecular flexibility index (Phi) is 5.04. The standard InChI is InChI=1S/C18H23ClN2OS/c1-18(2,22)10-9-15-16(14-4-3-11-20-17(14)21-15)23-13-7-5-12(19)6-8-13/h3-4,9-13,22H,5-8H2,1-2H3,(H,20,21). The monoisotopic (exact) mass is 350 g/mol. The fourth-order valence-electron chi connectivity index (χ4n) is 2.86. The number of pyridine rings is 1. The number of H-pyrrole nitrogens is 1. The SMILES string of the molecule is CC(C)(O)C=Cc1[nH]c2ncccc2c1SC1CCC(Cl)CC1. The molecular formula is C18H23ClN2OS. The van der Waals surface area contributed by atoms with Gasteiger partial charge in [-0.15, -0.1) is 23.4 Å². The lowest BCUT2D eigenvalue weighted by Gasteiger charge is -2.24. The van der Waals surface area contributed by atoms with Crippen LogP contribution in [-0.2, 0) is 0 Å². The van der Waals surface area contributed by atoms with Gasteiger partial charge in [-0.2, -0.15) is 0 Å². The number of aromatic nitrogens is 2. The molecule has 0 bridgehead atoms. The summed E-state index contributed by atoms with van der Waals surface area (Å²) in [6, 6.07) is 4.08. The average molecular weight is 351 g/mol. The van der Waals surface area contributed by atoms with Crippen LogP contribution in [0.1, 0.15) is 45.2 Å². The Morgan fingerprint density at radius 3 is 2.78 bits per heavy atom. The molecule has 2 aromatic rings. The zero-order valence-corrected chi connectivity index (χ0v) is 15.1. The number of alkyl halides is 1. The molecule has 1 fully saturated rings. The third kappa shape index (κ3) is 4.31. The molecule has 1 saturated carbocycles. The summed E-state index contributed by atoms with van der Waals surface area (Å²) in [4.78, 5) is 9.03. The number of nitrogens with one attached hydrogen (secondary N) is 1. The van der Waals surface area contributed by atoms with Crippen molar-refractivity contribution in [3.05, 3.63) is 30.1 Å². The maximum absolute atomic E-state index is 9.96. The Hall–Kier alpha value is -0.970. The summed E-state index contributed by atoms with van der Waals surface area (Å²) in [6.07, 6.45) is 10.1. The van der Waals surface area contributed by atoms with Crippen LogP contribution in [0.25, 0.3) is 17.1 Å². The van der Waals surface area contributed by atoms with E-state index in [1.165, 1.54) is 4.90 Å². The van der Waals surface area contributed by atoms with Crippen LogP contribution in [0.4, 0.5) is 0 Å². The van der Waals surface area contributed by atoms with E-state index < -0.39 is 5.60 Å². The second kappa shape index (κ2) is 6.88. The molecule has 0 spiro atoms. The highest BCUT2D eigenvalue weighted by molar-refractivity contribution is 8.00. The number of rotatable bonds is 4. The van der Waals surface area contributed by atoms with E-state index in [1.54, 1.807) is 20.0 Å². The maximum atomic E-state index is 9.96. The van der Waals surface area contributed by atoms with Crippen molar-refractivity contribution >= 4 is 40.5 Å². The fraction of sp³-hybridized carbons (Fsp3) is 0.500. The van der Waals surface area contributed by atoms with Crippen molar-refractivity contribution < 1.29 is 5.11 Å². The van der Waals surface area contributed by atoms with E-state index in [2.05, 4.69) is 16.0 Å². The van der Waals surface area contributed by atoms with Crippen LogP contribution in [0.5, 0.6) is 0 Å². The first-order valence-electron chi connectivity index (χ1n) is 8.11. The molecule has 1 aliphatic rings. The smallest absolute Gasteiger partial charge is 0.138 e. The topological polar surface area (TPSA) is 48.9 Å². The van der Waals surface area contributed by atoms with Gasteiger partial charge >= 0.3 is 0 Å². The fourth-order valence-corrected chi connectivity index (χ4v) is 4.49. The minimum Gasteiger partial charge on any atom is -0.386 e. The second-order valence-electron chi connectivity index (χ2n) is 6.75. The van der Waals surface area contributed by atoms with Crippen LogP contribution in [0, 0.1) is 0 Å². The first-order chi connectivity index (χ1) is 10.9. The van der Waals surface area contributed by atoms with Crippen LogP contribution in [0.15, 0.2) is 29.3 Å².